The van der Waals surface area contributed by atoms with Gasteiger partial charge in [0.2, 0.25) is 0 Å². The van der Waals surface area contributed by atoms with E-state index in [0.717, 1.165) is 0 Å². The second kappa shape index (κ2) is 3.40. The highest BCUT2D eigenvalue weighted by atomic mass is 16.4. The highest BCUT2D eigenvalue weighted by molar-refractivity contribution is 5.77. The molecule has 1 rings (SSSR count). The number of carbonyl (C=O) groups is 2. The number of hydrogen-bond donors (Lipinski definition) is 3. The van der Waals surface area contributed by atoms with E-state index in [0.29, 0.717) is 13.1 Å². The molecule has 1 unspecified atom stereocenters. The first-order valence-electron chi connectivity index (χ1n) is 3.62. The molecule has 1 atom stereocenters. The van der Waals surface area contributed by atoms with Crippen LogP contribution in [-0.4, -0.2) is 47.7 Å². The molecule has 6 heteroatoms. The molecule has 0 aromatic heterocycles. The Bertz CT molecular complexity index is 186. The van der Waals surface area contributed by atoms with Crippen LogP contribution in [0, 0.1) is 0 Å². The second-order valence-electron chi connectivity index (χ2n) is 2.63. The summed E-state index contributed by atoms with van der Waals surface area (Å²) in [7, 11) is 0. The molecule has 4 N–H and O–H groups in total. The zero-order valence-corrected chi connectivity index (χ0v) is 6.49. The lowest BCUT2D eigenvalue weighted by atomic mass is 10.2. The number of hydrogen-bond acceptors (Lipinski definition) is 3. The van der Waals surface area contributed by atoms with E-state index in [1.165, 1.54) is 4.90 Å². The number of amides is 2. The molecular weight excluding hydrogens is 162 g/mol. The van der Waals surface area contributed by atoms with Crippen LogP contribution in [0.25, 0.3) is 0 Å². The van der Waals surface area contributed by atoms with Crippen molar-refractivity contribution in [1.29, 1.82) is 0 Å². The number of carbonyl (C=O) groups excluding carboxylic acids is 1. The van der Waals surface area contributed by atoms with E-state index in [4.69, 9.17) is 10.8 Å². The Hall–Kier alpha value is -1.30. The molecule has 0 radical (unpaired) electrons. The molecule has 0 spiro atoms. The third-order valence-corrected chi connectivity index (χ3v) is 1.79. The average Bonchev–Trinajstić information content (AvgIpc) is 2.04. The van der Waals surface area contributed by atoms with Gasteiger partial charge in [0.25, 0.3) is 0 Å². The molecule has 12 heavy (non-hydrogen) atoms. The summed E-state index contributed by atoms with van der Waals surface area (Å²) in [6.45, 7) is 1.09. The highest BCUT2D eigenvalue weighted by Gasteiger charge is 2.26. The minimum atomic E-state index is -0.957. The van der Waals surface area contributed by atoms with Crippen molar-refractivity contribution in [2.45, 2.75) is 6.04 Å². The van der Waals surface area contributed by atoms with Crippen LogP contribution in [0.3, 0.4) is 0 Å². The minimum Gasteiger partial charge on any atom is -0.480 e. The summed E-state index contributed by atoms with van der Waals surface area (Å²) in [5, 5.41) is 11.4. The van der Waals surface area contributed by atoms with Crippen LogP contribution >= 0.6 is 0 Å². The van der Waals surface area contributed by atoms with Gasteiger partial charge in [-0.15, -0.1) is 0 Å². The summed E-state index contributed by atoms with van der Waals surface area (Å²) in [5.74, 6) is -0.957. The van der Waals surface area contributed by atoms with Crippen molar-refractivity contribution in [2.75, 3.05) is 19.6 Å². The minimum absolute atomic E-state index is 0.144. The molecule has 1 fully saturated rings. The van der Waals surface area contributed by atoms with Crippen molar-refractivity contribution >= 4 is 12.0 Å². The molecule has 0 bridgehead atoms. The summed E-state index contributed by atoms with van der Waals surface area (Å²) in [6.07, 6.45) is 0. The molecule has 0 aliphatic carbocycles. The summed E-state index contributed by atoms with van der Waals surface area (Å²) < 4.78 is 0. The van der Waals surface area contributed by atoms with E-state index >= 15 is 0 Å². The number of carboxylic acid groups (broad SMARTS) is 1. The number of nitrogens with zero attached hydrogens (tertiary/aromatic N) is 1. The molecule has 2 amide bonds. The first-order valence-corrected chi connectivity index (χ1v) is 3.62. The first kappa shape index (κ1) is 8.79. The monoisotopic (exact) mass is 173 g/mol. The van der Waals surface area contributed by atoms with Gasteiger partial charge in [-0.1, -0.05) is 0 Å². The standard InChI is InChI=1S/C6H11N3O3/c7-6(12)9-2-1-8-4(3-9)5(10)11/h4,8H,1-3H2,(H2,7,12)(H,10,11). The predicted octanol–water partition coefficient (Wildman–Crippen LogP) is -1.58. The zero-order valence-electron chi connectivity index (χ0n) is 6.49. The number of aliphatic carboxylic acids is 1. The van der Waals surface area contributed by atoms with E-state index in [1.807, 2.05) is 0 Å². The van der Waals surface area contributed by atoms with E-state index in [-0.39, 0.29) is 6.54 Å². The van der Waals surface area contributed by atoms with Crippen LogP contribution in [-0.2, 0) is 4.79 Å². The average molecular weight is 173 g/mol. The van der Waals surface area contributed by atoms with Gasteiger partial charge in [0, 0.05) is 19.6 Å². The third-order valence-electron chi connectivity index (χ3n) is 1.79. The molecule has 1 aliphatic rings. The fourth-order valence-electron chi connectivity index (χ4n) is 1.12. The molecule has 1 heterocycles. The number of piperazine rings is 1. The van der Waals surface area contributed by atoms with Gasteiger partial charge >= 0.3 is 12.0 Å². The summed E-state index contributed by atoms with van der Waals surface area (Å²) >= 11 is 0. The fourth-order valence-corrected chi connectivity index (χ4v) is 1.12. The Balaban J connectivity index is 2.51. The van der Waals surface area contributed by atoms with Crippen LogP contribution in [0.15, 0.2) is 0 Å². The molecule has 1 aliphatic heterocycles. The third kappa shape index (κ3) is 1.85. The number of urea groups is 1. The van der Waals surface area contributed by atoms with Crippen LogP contribution in [0.1, 0.15) is 0 Å². The smallest absolute Gasteiger partial charge is 0.322 e. The Kier molecular flexibility index (Phi) is 2.49. The van der Waals surface area contributed by atoms with E-state index in [9.17, 15) is 9.59 Å². The highest BCUT2D eigenvalue weighted by Crippen LogP contribution is 1.98. The van der Waals surface area contributed by atoms with Crippen molar-refractivity contribution in [3.8, 4) is 0 Å². The SMILES string of the molecule is NC(=O)N1CCNC(C(=O)O)C1. The summed E-state index contributed by atoms with van der Waals surface area (Å²) in [5.41, 5.74) is 5.00. The second-order valence-corrected chi connectivity index (χ2v) is 2.63. The van der Waals surface area contributed by atoms with E-state index in [1.54, 1.807) is 0 Å². The summed E-state index contributed by atoms with van der Waals surface area (Å²) in [6, 6.07) is -1.26. The Labute approximate surface area is 69.3 Å². The Morgan fingerprint density at radius 3 is 2.75 bits per heavy atom. The largest absolute Gasteiger partial charge is 0.480 e. The fraction of sp³-hybridized carbons (Fsp3) is 0.667. The normalized spacial score (nSPS) is 23.7. The summed E-state index contributed by atoms with van der Waals surface area (Å²) in [4.78, 5) is 22.4. The maximum Gasteiger partial charge on any atom is 0.322 e. The number of primary amides is 1. The lowest BCUT2D eigenvalue weighted by Gasteiger charge is -2.29. The van der Waals surface area contributed by atoms with Crippen molar-refractivity contribution < 1.29 is 14.7 Å². The van der Waals surface area contributed by atoms with Crippen molar-refractivity contribution in [3.63, 3.8) is 0 Å². The number of nitrogens with two attached hydrogens (primary N) is 1. The van der Waals surface area contributed by atoms with Crippen LogP contribution < -0.4 is 11.1 Å². The lowest BCUT2D eigenvalue weighted by molar-refractivity contribution is -0.140. The Morgan fingerprint density at radius 2 is 2.25 bits per heavy atom. The molecule has 1 saturated heterocycles. The molecule has 0 aromatic rings. The van der Waals surface area contributed by atoms with E-state index < -0.39 is 18.0 Å². The van der Waals surface area contributed by atoms with Crippen molar-refractivity contribution in [3.05, 3.63) is 0 Å². The van der Waals surface area contributed by atoms with Gasteiger partial charge in [-0.05, 0) is 0 Å². The number of carboxylic acids is 1. The van der Waals surface area contributed by atoms with Gasteiger partial charge in [-0.25, -0.2) is 4.79 Å². The van der Waals surface area contributed by atoms with Gasteiger partial charge in [-0.3, -0.25) is 4.79 Å². The maximum atomic E-state index is 10.6. The van der Waals surface area contributed by atoms with Crippen LogP contribution in [0.5, 0.6) is 0 Å². The number of nitrogens with one attached hydrogen (secondary N) is 1. The van der Waals surface area contributed by atoms with Crippen LogP contribution in [0.4, 0.5) is 4.79 Å². The van der Waals surface area contributed by atoms with E-state index in [2.05, 4.69) is 5.32 Å². The molecule has 0 aromatic carbocycles. The van der Waals surface area contributed by atoms with Gasteiger partial charge < -0.3 is 21.1 Å². The topological polar surface area (TPSA) is 95.7 Å². The quantitative estimate of drug-likeness (QED) is 0.446. The first-order chi connectivity index (χ1) is 5.61. The molecule has 68 valence electrons. The van der Waals surface area contributed by atoms with Crippen LogP contribution in [0.2, 0.25) is 0 Å². The molecule has 6 nitrogen and oxygen atoms in total. The van der Waals surface area contributed by atoms with Crippen molar-refractivity contribution in [1.82, 2.24) is 10.2 Å². The van der Waals surface area contributed by atoms with Crippen molar-refractivity contribution in [2.24, 2.45) is 5.73 Å². The lowest BCUT2D eigenvalue weighted by Crippen LogP contribution is -2.56. The molecule has 0 saturated carbocycles. The maximum absolute atomic E-state index is 10.6. The van der Waals surface area contributed by atoms with Gasteiger partial charge in [0.15, 0.2) is 0 Å². The van der Waals surface area contributed by atoms with Gasteiger partial charge in [0.05, 0.1) is 0 Å². The van der Waals surface area contributed by atoms with Gasteiger partial charge in [0.1, 0.15) is 6.04 Å². The molecular formula is C6H11N3O3. The van der Waals surface area contributed by atoms with Gasteiger partial charge in [-0.2, -0.15) is 0 Å². The number of rotatable bonds is 1. The predicted molar refractivity (Wildman–Crippen MR) is 40.6 cm³/mol. The Morgan fingerprint density at radius 1 is 1.58 bits per heavy atom. The zero-order chi connectivity index (χ0) is 9.14.